The molecule has 6 heteroatoms. The maximum Gasteiger partial charge on any atom is 0.324 e. The van der Waals surface area contributed by atoms with E-state index < -0.39 is 23.3 Å². The molecule has 0 spiro atoms. The highest BCUT2D eigenvalue weighted by atomic mass is 16.6. The Morgan fingerprint density at radius 1 is 1.00 bits per heavy atom. The Morgan fingerprint density at radius 2 is 1.48 bits per heavy atom. The van der Waals surface area contributed by atoms with E-state index in [0.29, 0.717) is 13.0 Å². The second-order valence-electron chi connectivity index (χ2n) is 5.15. The quantitative estimate of drug-likeness (QED) is 0.251. The lowest BCUT2D eigenvalue weighted by atomic mass is 9.71. The molecule has 0 radical (unpaired) electrons. The highest BCUT2D eigenvalue weighted by molar-refractivity contribution is 6.00. The van der Waals surface area contributed by atoms with Gasteiger partial charge in [-0.1, -0.05) is 13.0 Å². The third kappa shape index (κ3) is 5.69. The minimum Gasteiger partial charge on any atom is -0.466 e. The molecule has 23 heavy (non-hydrogen) atoms. The van der Waals surface area contributed by atoms with E-state index in [1.807, 2.05) is 0 Å². The van der Waals surface area contributed by atoms with E-state index in [0.717, 1.165) is 0 Å². The normalized spacial score (nSPS) is 12.2. The zero-order valence-electron chi connectivity index (χ0n) is 14.6. The van der Waals surface area contributed by atoms with E-state index in [1.165, 1.54) is 6.08 Å². The Kier molecular flexibility index (Phi) is 9.94. The Bertz CT molecular complexity index is 397. The van der Waals surface area contributed by atoms with Crippen molar-refractivity contribution in [2.24, 2.45) is 11.3 Å². The van der Waals surface area contributed by atoms with Crippen LogP contribution in [0.25, 0.3) is 0 Å². The van der Waals surface area contributed by atoms with Gasteiger partial charge in [-0.2, -0.15) is 0 Å². The second kappa shape index (κ2) is 10.8. The first kappa shape index (κ1) is 21.1. The Hall–Kier alpha value is -1.85. The molecule has 0 amide bonds. The van der Waals surface area contributed by atoms with Gasteiger partial charge >= 0.3 is 17.9 Å². The lowest BCUT2D eigenvalue weighted by Crippen LogP contribution is -2.47. The van der Waals surface area contributed by atoms with Crippen LogP contribution in [0.2, 0.25) is 0 Å². The molecule has 0 aromatic carbocycles. The van der Waals surface area contributed by atoms with Gasteiger partial charge in [0.15, 0.2) is 5.41 Å². The Balaban J connectivity index is 5.42. The van der Waals surface area contributed by atoms with Crippen LogP contribution in [0.15, 0.2) is 12.7 Å². The molecule has 0 aliphatic heterocycles. The molecule has 0 aliphatic rings. The molecule has 0 fully saturated rings. The summed E-state index contributed by atoms with van der Waals surface area (Å²) >= 11 is 0. The Morgan fingerprint density at radius 3 is 1.87 bits per heavy atom. The molecular weight excluding hydrogens is 300 g/mol. The van der Waals surface area contributed by atoms with Gasteiger partial charge in [-0.3, -0.25) is 14.4 Å². The summed E-state index contributed by atoms with van der Waals surface area (Å²) in [5, 5.41) is 0. The van der Waals surface area contributed by atoms with Crippen molar-refractivity contribution >= 4 is 17.9 Å². The van der Waals surface area contributed by atoms with Gasteiger partial charge in [-0.25, -0.2) is 0 Å². The molecule has 0 saturated carbocycles. The first-order chi connectivity index (χ1) is 10.9. The molecule has 0 aromatic rings. The van der Waals surface area contributed by atoms with Gasteiger partial charge in [0.2, 0.25) is 0 Å². The van der Waals surface area contributed by atoms with E-state index >= 15 is 0 Å². The summed E-state index contributed by atoms with van der Waals surface area (Å²) in [4.78, 5) is 36.5. The van der Waals surface area contributed by atoms with Crippen molar-refractivity contribution in [1.29, 1.82) is 0 Å². The summed E-state index contributed by atoms with van der Waals surface area (Å²) in [6, 6.07) is 0. The smallest absolute Gasteiger partial charge is 0.324 e. The number of carbonyl (C=O) groups excluding carboxylic acids is 3. The molecule has 132 valence electrons. The molecule has 1 atom stereocenters. The average Bonchev–Trinajstić information content (AvgIpc) is 2.50. The number of allylic oxidation sites excluding steroid dienone is 1. The highest BCUT2D eigenvalue weighted by Crippen LogP contribution is 2.38. The van der Waals surface area contributed by atoms with Crippen LogP contribution in [-0.4, -0.2) is 37.7 Å². The van der Waals surface area contributed by atoms with Crippen molar-refractivity contribution in [1.82, 2.24) is 0 Å². The van der Waals surface area contributed by atoms with Gasteiger partial charge < -0.3 is 14.2 Å². The minimum atomic E-state index is -1.49. The van der Waals surface area contributed by atoms with Gasteiger partial charge in [0.1, 0.15) is 0 Å². The van der Waals surface area contributed by atoms with Crippen molar-refractivity contribution < 1.29 is 28.6 Å². The van der Waals surface area contributed by atoms with Crippen LogP contribution in [0.4, 0.5) is 0 Å². The van der Waals surface area contributed by atoms with Crippen molar-refractivity contribution in [3.05, 3.63) is 12.7 Å². The SMILES string of the molecule is C=CCC(C(=O)OCC)(C(=O)OCC)C(C)CCC(=O)OCC. The molecule has 0 saturated heterocycles. The summed E-state index contributed by atoms with van der Waals surface area (Å²) in [5.41, 5.74) is -1.49. The van der Waals surface area contributed by atoms with Gasteiger partial charge in [0.05, 0.1) is 19.8 Å². The maximum atomic E-state index is 12.5. The molecule has 6 nitrogen and oxygen atoms in total. The Labute approximate surface area is 138 Å². The first-order valence-electron chi connectivity index (χ1n) is 8.01. The third-order valence-electron chi connectivity index (χ3n) is 3.67. The van der Waals surface area contributed by atoms with E-state index in [4.69, 9.17) is 14.2 Å². The van der Waals surface area contributed by atoms with E-state index in [-0.39, 0.29) is 32.0 Å². The number of ether oxygens (including phenoxy) is 3. The summed E-state index contributed by atoms with van der Waals surface area (Å²) in [6.07, 6.45) is 2.01. The maximum absolute atomic E-state index is 12.5. The average molecular weight is 328 g/mol. The van der Waals surface area contributed by atoms with Gasteiger partial charge in [-0.15, -0.1) is 6.58 Å². The predicted molar refractivity (Wildman–Crippen MR) is 85.5 cm³/mol. The molecule has 0 aromatic heterocycles. The highest BCUT2D eigenvalue weighted by Gasteiger charge is 2.52. The van der Waals surface area contributed by atoms with Crippen LogP contribution in [0, 0.1) is 11.3 Å². The summed E-state index contributed by atoms with van der Waals surface area (Å²) in [6.45, 7) is 11.0. The lowest BCUT2D eigenvalue weighted by molar-refractivity contribution is -0.177. The standard InChI is InChI=1S/C17H28O6/c1-6-12-17(15(19)22-8-3,16(20)23-9-4)13(5)10-11-14(18)21-7-2/h6,13H,1,7-12H2,2-5H3. The number of hydrogen-bond donors (Lipinski definition) is 0. The molecule has 0 N–H and O–H groups in total. The summed E-state index contributed by atoms with van der Waals surface area (Å²) in [5.74, 6) is -2.10. The van der Waals surface area contributed by atoms with Crippen molar-refractivity contribution in [3.8, 4) is 0 Å². The van der Waals surface area contributed by atoms with E-state index in [1.54, 1.807) is 27.7 Å². The molecule has 0 heterocycles. The fourth-order valence-corrected chi connectivity index (χ4v) is 2.41. The fraction of sp³-hybridized carbons (Fsp3) is 0.706. The van der Waals surface area contributed by atoms with Gasteiger partial charge in [-0.05, 0) is 39.5 Å². The monoisotopic (exact) mass is 328 g/mol. The molecular formula is C17H28O6. The minimum absolute atomic E-state index is 0.0919. The molecule has 0 aliphatic carbocycles. The van der Waals surface area contributed by atoms with Gasteiger partial charge in [0, 0.05) is 6.42 Å². The number of carbonyl (C=O) groups is 3. The van der Waals surface area contributed by atoms with Crippen LogP contribution in [0.1, 0.15) is 47.0 Å². The second-order valence-corrected chi connectivity index (χ2v) is 5.15. The zero-order valence-corrected chi connectivity index (χ0v) is 14.6. The van der Waals surface area contributed by atoms with E-state index in [2.05, 4.69) is 6.58 Å². The van der Waals surface area contributed by atoms with Crippen molar-refractivity contribution in [3.63, 3.8) is 0 Å². The topological polar surface area (TPSA) is 78.9 Å². The van der Waals surface area contributed by atoms with Crippen LogP contribution in [0.5, 0.6) is 0 Å². The number of esters is 3. The predicted octanol–water partition coefficient (Wildman–Crippen LogP) is 2.65. The number of hydrogen-bond acceptors (Lipinski definition) is 6. The van der Waals surface area contributed by atoms with Crippen molar-refractivity contribution in [2.45, 2.75) is 47.0 Å². The zero-order chi connectivity index (χ0) is 17.9. The lowest BCUT2D eigenvalue weighted by Gasteiger charge is -2.33. The summed E-state index contributed by atoms with van der Waals surface area (Å²) < 4.78 is 15.1. The van der Waals surface area contributed by atoms with Crippen LogP contribution < -0.4 is 0 Å². The molecule has 1 unspecified atom stereocenters. The van der Waals surface area contributed by atoms with Crippen LogP contribution in [0.3, 0.4) is 0 Å². The van der Waals surface area contributed by atoms with Crippen LogP contribution >= 0.6 is 0 Å². The van der Waals surface area contributed by atoms with E-state index in [9.17, 15) is 14.4 Å². The molecule has 0 bridgehead atoms. The largest absolute Gasteiger partial charge is 0.466 e. The summed E-state index contributed by atoms with van der Waals surface area (Å²) in [7, 11) is 0. The fourth-order valence-electron chi connectivity index (χ4n) is 2.41. The van der Waals surface area contributed by atoms with Crippen molar-refractivity contribution in [2.75, 3.05) is 19.8 Å². The first-order valence-corrected chi connectivity index (χ1v) is 8.01. The van der Waals surface area contributed by atoms with Gasteiger partial charge in [0.25, 0.3) is 0 Å². The third-order valence-corrected chi connectivity index (χ3v) is 3.67. The van der Waals surface area contributed by atoms with Crippen LogP contribution in [-0.2, 0) is 28.6 Å². The number of rotatable bonds is 11. The molecule has 0 rings (SSSR count).